The number of hydrogen-bond donors (Lipinski definition) is 2. The van der Waals surface area contributed by atoms with E-state index < -0.39 is 10.0 Å². The minimum atomic E-state index is -3.61. The molecule has 0 saturated carbocycles. The number of amides is 2. The van der Waals surface area contributed by atoms with E-state index in [-0.39, 0.29) is 29.3 Å². The van der Waals surface area contributed by atoms with Crippen molar-refractivity contribution in [2.45, 2.75) is 50.6 Å². The quantitative estimate of drug-likeness (QED) is 0.656. The SMILES string of the molecule is CCC(C)NS(=O)(=O)c1ccc(C(=O)NCc2cccc(C(=O)N3CCCC3)c2)cc1. The Morgan fingerprint density at radius 1 is 1.03 bits per heavy atom. The number of benzene rings is 2. The summed E-state index contributed by atoms with van der Waals surface area (Å²) in [5.74, 6) is -0.288. The molecule has 1 unspecified atom stereocenters. The molecule has 2 amide bonds. The first-order valence-corrected chi connectivity index (χ1v) is 12.1. The van der Waals surface area contributed by atoms with Gasteiger partial charge in [-0.1, -0.05) is 19.1 Å². The third kappa shape index (κ3) is 5.92. The Hall–Kier alpha value is -2.71. The van der Waals surface area contributed by atoms with Gasteiger partial charge >= 0.3 is 0 Å². The Balaban J connectivity index is 1.61. The van der Waals surface area contributed by atoms with E-state index in [0.29, 0.717) is 17.5 Å². The van der Waals surface area contributed by atoms with E-state index in [0.717, 1.165) is 31.5 Å². The van der Waals surface area contributed by atoms with Crippen LogP contribution < -0.4 is 10.0 Å². The van der Waals surface area contributed by atoms with Crippen molar-refractivity contribution >= 4 is 21.8 Å². The van der Waals surface area contributed by atoms with Crippen LogP contribution in [0.4, 0.5) is 0 Å². The number of carbonyl (C=O) groups is 2. The number of hydrogen-bond acceptors (Lipinski definition) is 4. The highest BCUT2D eigenvalue weighted by Gasteiger charge is 2.20. The number of nitrogens with one attached hydrogen (secondary N) is 2. The molecule has 3 rings (SSSR count). The van der Waals surface area contributed by atoms with Crippen LogP contribution >= 0.6 is 0 Å². The third-order valence-electron chi connectivity index (χ3n) is 5.42. The summed E-state index contributed by atoms with van der Waals surface area (Å²) >= 11 is 0. The molecule has 0 aromatic heterocycles. The number of nitrogens with zero attached hydrogens (tertiary/aromatic N) is 1. The van der Waals surface area contributed by atoms with Gasteiger partial charge in [0.1, 0.15) is 0 Å². The van der Waals surface area contributed by atoms with Gasteiger partial charge < -0.3 is 10.2 Å². The van der Waals surface area contributed by atoms with Crippen LogP contribution in [-0.2, 0) is 16.6 Å². The van der Waals surface area contributed by atoms with E-state index in [9.17, 15) is 18.0 Å². The average molecular weight is 444 g/mol. The van der Waals surface area contributed by atoms with Crippen molar-refractivity contribution in [2.75, 3.05) is 13.1 Å². The average Bonchev–Trinajstić information content (AvgIpc) is 3.32. The molecule has 1 aliphatic rings. The van der Waals surface area contributed by atoms with Crippen LogP contribution in [-0.4, -0.2) is 44.3 Å². The first kappa shape index (κ1) is 23.0. The molecule has 1 heterocycles. The zero-order chi connectivity index (χ0) is 22.4. The normalized spacial score (nSPS) is 15.0. The summed E-state index contributed by atoms with van der Waals surface area (Å²) in [7, 11) is -3.61. The van der Waals surface area contributed by atoms with Crippen molar-refractivity contribution in [2.24, 2.45) is 0 Å². The highest BCUT2D eigenvalue weighted by molar-refractivity contribution is 7.89. The first-order valence-electron chi connectivity index (χ1n) is 10.6. The Kier molecular flexibility index (Phi) is 7.46. The second-order valence-electron chi connectivity index (χ2n) is 7.84. The lowest BCUT2D eigenvalue weighted by Crippen LogP contribution is -2.32. The number of rotatable bonds is 8. The molecule has 8 heteroatoms. The summed E-state index contributed by atoms with van der Waals surface area (Å²) in [5.41, 5.74) is 1.82. The van der Waals surface area contributed by atoms with Crippen LogP contribution in [0.25, 0.3) is 0 Å². The second-order valence-corrected chi connectivity index (χ2v) is 9.55. The van der Waals surface area contributed by atoms with Gasteiger partial charge in [0.15, 0.2) is 0 Å². The molecule has 2 aromatic carbocycles. The molecule has 1 saturated heterocycles. The van der Waals surface area contributed by atoms with Crippen LogP contribution in [0.1, 0.15) is 59.4 Å². The smallest absolute Gasteiger partial charge is 0.253 e. The van der Waals surface area contributed by atoms with E-state index in [1.54, 1.807) is 19.1 Å². The largest absolute Gasteiger partial charge is 0.348 e. The van der Waals surface area contributed by atoms with Crippen molar-refractivity contribution in [1.29, 1.82) is 0 Å². The summed E-state index contributed by atoms with van der Waals surface area (Å²) in [6, 6.07) is 12.9. The predicted molar refractivity (Wildman–Crippen MR) is 119 cm³/mol. The van der Waals surface area contributed by atoms with Gasteiger partial charge in [-0.15, -0.1) is 0 Å². The van der Waals surface area contributed by atoms with Crippen LogP contribution in [0, 0.1) is 0 Å². The maximum atomic E-state index is 12.5. The maximum absolute atomic E-state index is 12.5. The lowest BCUT2D eigenvalue weighted by Gasteiger charge is -2.15. The lowest BCUT2D eigenvalue weighted by atomic mass is 10.1. The van der Waals surface area contributed by atoms with Gasteiger partial charge in [-0.2, -0.15) is 0 Å². The Bertz CT molecular complexity index is 1030. The van der Waals surface area contributed by atoms with Gasteiger partial charge in [-0.25, -0.2) is 13.1 Å². The number of sulfonamides is 1. The van der Waals surface area contributed by atoms with E-state index in [4.69, 9.17) is 0 Å². The van der Waals surface area contributed by atoms with Crippen LogP contribution in [0.3, 0.4) is 0 Å². The highest BCUT2D eigenvalue weighted by atomic mass is 32.2. The van der Waals surface area contributed by atoms with E-state index >= 15 is 0 Å². The summed E-state index contributed by atoms with van der Waals surface area (Å²) < 4.78 is 27.3. The molecule has 1 aliphatic heterocycles. The van der Waals surface area contributed by atoms with Gasteiger partial charge in [0.2, 0.25) is 10.0 Å². The summed E-state index contributed by atoms with van der Waals surface area (Å²) in [4.78, 5) is 27.0. The molecule has 0 aliphatic carbocycles. The second kappa shape index (κ2) is 10.1. The molecule has 0 spiro atoms. The Morgan fingerprint density at radius 3 is 2.35 bits per heavy atom. The standard InChI is InChI=1S/C23H29N3O4S/c1-3-17(2)25-31(29,30)21-11-9-19(10-12-21)22(27)24-16-18-7-6-8-20(15-18)23(28)26-13-4-5-14-26/h6-12,15,17,25H,3-5,13-14,16H2,1-2H3,(H,24,27). The van der Waals surface area contributed by atoms with Crippen molar-refractivity contribution in [1.82, 2.24) is 14.9 Å². The number of likely N-dealkylation sites (tertiary alicyclic amines) is 1. The summed E-state index contributed by atoms with van der Waals surface area (Å²) in [6.45, 7) is 5.55. The fourth-order valence-electron chi connectivity index (χ4n) is 3.40. The zero-order valence-electron chi connectivity index (χ0n) is 17.9. The molecular weight excluding hydrogens is 414 g/mol. The predicted octanol–water partition coefficient (Wildman–Crippen LogP) is 2.93. The Labute approximate surface area is 183 Å². The van der Waals surface area contributed by atoms with Gasteiger partial charge in [-0.3, -0.25) is 9.59 Å². The van der Waals surface area contributed by atoms with Gasteiger partial charge in [0.05, 0.1) is 4.90 Å². The van der Waals surface area contributed by atoms with Gasteiger partial charge in [0, 0.05) is 36.8 Å². The highest BCUT2D eigenvalue weighted by Crippen LogP contribution is 2.15. The van der Waals surface area contributed by atoms with Crippen molar-refractivity contribution in [3.63, 3.8) is 0 Å². The van der Waals surface area contributed by atoms with Gasteiger partial charge in [0.25, 0.3) is 11.8 Å². The maximum Gasteiger partial charge on any atom is 0.253 e. The number of carbonyl (C=O) groups excluding carboxylic acids is 2. The first-order chi connectivity index (χ1) is 14.8. The molecule has 0 bridgehead atoms. The van der Waals surface area contributed by atoms with Crippen molar-refractivity contribution < 1.29 is 18.0 Å². The van der Waals surface area contributed by atoms with Gasteiger partial charge in [-0.05, 0) is 68.1 Å². The third-order valence-corrected chi connectivity index (χ3v) is 7.02. The van der Waals surface area contributed by atoms with Crippen LogP contribution in [0.5, 0.6) is 0 Å². The molecular formula is C23H29N3O4S. The van der Waals surface area contributed by atoms with E-state index in [2.05, 4.69) is 10.0 Å². The lowest BCUT2D eigenvalue weighted by molar-refractivity contribution is 0.0792. The van der Waals surface area contributed by atoms with Crippen LogP contribution in [0.15, 0.2) is 53.4 Å². The molecule has 7 nitrogen and oxygen atoms in total. The van der Waals surface area contributed by atoms with Crippen LogP contribution in [0.2, 0.25) is 0 Å². The molecule has 1 atom stereocenters. The molecule has 0 radical (unpaired) electrons. The monoisotopic (exact) mass is 443 g/mol. The molecule has 31 heavy (non-hydrogen) atoms. The van der Waals surface area contributed by atoms with E-state index in [1.165, 1.54) is 24.3 Å². The molecule has 1 fully saturated rings. The van der Waals surface area contributed by atoms with Crippen molar-refractivity contribution in [3.05, 3.63) is 65.2 Å². The fourth-order valence-corrected chi connectivity index (χ4v) is 4.73. The zero-order valence-corrected chi connectivity index (χ0v) is 18.7. The molecule has 166 valence electrons. The summed E-state index contributed by atoms with van der Waals surface area (Å²) in [6.07, 6.45) is 2.76. The fraction of sp³-hybridized carbons (Fsp3) is 0.391. The summed E-state index contributed by atoms with van der Waals surface area (Å²) in [5, 5.41) is 2.82. The minimum Gasteiger partial charge on any atom is -0.348 e. The molecule has 2 N–H and O–H groups in total. The Morgan fingerprint density at radius 2 is 1.71 bits per heavy atom. The topological polar surface area (TPSA) is 95.6 Å². The minimum absolute atomic E-state index is 0.0217. The molecule has 2 aromatic rings. The van der Waals surface area contributed by atoms with E-state index in [1.807, 2.05) is 24.0 Å². The van der Waals surface area contributed by atoms with Crippen molar-refractivity contribution in [3.8, 4) is 0 Å².